The van der Waals surface area contributed by atoms with Gasteiger partial charge in [-0.05, 0) is 30.3 Å². The molecule has 10 heteroatoms. The van der Waals surface area contributed by atoms with E-state index in [4.69, 9.17) is 11.6 Å². The van der Waals surface area contributed by atoms with Crippen molar-refractivity contribution >= 4 is 33.0 Å². The average Bonchev–Trinajstić information content (AvgIpc) is 2.61. The van der Waals surface area contributed by atoms with Gasteiger partial charge in [-0.25, -0.2) is 12.8 Å². The maximum atomic E-state index is 13.2. The van der Waals surface area contributed by atoms with Gasteiger partial charge in [0, 0.05) is 44.0 Å². The molecule has 2 aromatic rings. The predicted molar refractivity (Wildman–Crippen MR) is 95.5 cm³/mol. The van der Waals surface area contributed by atoms with Gasteiger partial charge < -0.3 is 4.90 Å². The molecule has 0 saturated carbocycles. The molecule has 1 aliphatic heterocycles. The third-order valence-electron chi connectivity index (χ3n) is 4.18. The fourth-order valence-electron chi connectivity index (χ4n) is 2.80. The van der Waals surface area contributed by atoms with E-state index in [1.165, 1.54) is 16.4 Å². The van der Waals surface area contributed by atoms with Crippen LogP contribution in [0.3, 0.4) is 0 Å². The number of anilines is 1. The summed E-state index contributed by atoms with van der Waals surface area (Å²) in [6.07, 6.45) is 0. The molecule has 0 radical (unpaired) electrons. The zero-order chi connectivity index (χ0) is 18.9. The van der Waals surface area contributed by atoms with E-state index in [-0.39, 0.29) is 28.7 Å². The van der Waals surface area contributed by atoms with Gasteiger partial charge in [-0.15, -0.1) is 0 Å². The van der Waals surface area contributed by atoms with Crippen molar-refractivity contribution in [2.45, 2.75) is 4.90 Å². The van der Waals surface area contributed by atoms with Crippen molar-refractivity contribution < 1.29 is 17.7 Å². The maximum Gasteiger partial charge on any atom is 0.269 e. The summed E-state index contributed by atoms with van der Waals surface area (Å²) in [5.74, 6) is -0.600. The third kappa shape index (κ3) is 3.64. The fourth-order valence-corrected chi connectivity index (χ4v) is 4.72. The molecule has 0 unspecified atom stereocenters. The Morgan fingerprint density at radius 2 is 1.65 bits per heavy atom. The molecule has 26 heavy (non-hydrogen) atoms. The number of halogens is 2. The van der Waals surface area contributed by atoms with Crippen molar-refractivity contribution in [2.24, 2.45) is 0 Å². The molecule has 1 heterocycles. The van der Waals surface area contributed by atoms with Gasteiger partial charge in [0.15, 0.2) is 0 Å². The molecule has 1 saturated heterocycles. The van der Waals surface area contributed by atoms with Gasteiger partial charge in [0.1, 0.15) is 10.7 Å². The number of nitrogens with zero attached hydrogens (tertiary/aromatic N) is 3. The molecule has 0 bridgehead atoms. The highest BCUT2D eigenvalue weighted by atomic mass is 35.5. The van der Waals surface area contributed by atoms with Gasteiger partial charge in [0.25, 0.3) is 5.69 Å². The molecule has 2 aromatic carbocycles. The van der Waals surface area contributed by atoms with Crippen molar-refractivity contribution in [1.82, 2.24) is 4.31 Å². The summed E-state index contributed by atoms with van der Waals surface area (Å²) in [5.41, 5.74) is 0.786. The van der Waals surface area contributed by atoms with Crippen LogP contribution in [0.2, 0.25) is 5.02 Å². The van der Waals surface area contributed by atoms with Crippen LogP contribution in [0.25, 0.3) is 0 Å². The van der Waals surface area contributed by atoms with Gasteiger partial charge in [-0.3, -0.25) is 10.1 Å². The van der Waals surface area contributed by atoms with Gasteiger partial charge in [0.2, 0.25) is 10.0 Å². The first-order valence-electron chi connectivity index (χ1n) is 7.73. The van der Waals surface area contributed by atoms with Crippen LogP contribution in [0.4, 0.5) is 15.8 Å². The molecule has 7 nitrogen and oxygen atoms in total. The highest BCUT2D eigenvalue weighted by Gasteiger charge is 2.30. The zero-order valence-corrected chi connectivity index (χ0v) is 15.1. The average molecular weight is 400 g/mol. The summed E-state index contributed by atoms with van der Waals surface area (Å²) in [5, 5.41) is 10.6. The third-order valence-corrected chi connectivity index (χ3v) is 6.56. The van der Waals surface area contributed by atoms with Crippen LogP contribution in [0.1, 0.15) is 0 Å². The molecule has 138 valence electrons. The highest BCUT2D eigenvalue weighted by Crippen LogP contribution is 2.27. The summed E-state index contributed by atoms with van der Waals surface area (Å²) in [6.45, 7) is 1.31. The summed E-state index contributed by atoms with van der Waals surface area (Å²) in [6, 6.07) is 9.30. The van der Waals surface area contributed by atoms with Crippen LogP contribution in [0.15, 0.2) is 47.4 Å². The van der Waals surface area contributed by atoms with Crippen molar-refractivity contribution in [1.29, 1.82) is 0 Å². The number of sulfonamides is 1. The lowest BCUT2D eigenvalue weighted by Gasteiger charge is -2.35. The minimum atomic E-state index is -3.81. The first-order valence-corrected chi connectivity index (χ1v) is 9.55. The lowest BCUT2D eigenvalue weighted by Crippen LogP contribution is -2.48. The van der Waals surface area contributed by atoms with E-state index in [0.717, 1.165) is 23.9 Å². The Labute approximate surface area is 154 Å². The van der Waals surface area contributed by atoms with Gasteiger partial charge in [-0.1, -0.05) is 11.6 Å². The number of hydrogen-bond donors (Lipinski definition) is 0. The molecule has 0 aromatic heterocycles. The fraction of sp³-hybridized carbons (Fsp3) is 0.250. The van der Waals surface area contributed by atoms with Crippen molar-refractivity contribution in [3.63, 3.8) is 0 Å². The largest absolute Gasteiger partial charge is 0.369 e. The number of non-ortho nitro benzene ring substituents is 1. The van der Waals surface area contributed by atoms with E-state index in [2.05, 4.69) is 0 Å². The second kappa shape index (κ2) is 7.18. The predicted octanol–water partition coefficient (Wildman–Crippen LogP) is 2.90. The first-order chi connectivity index (χ1) is 12.3. The summed E-state index contributed by atoms with van der Waals surface area (Å²) >= 11 is 5.89. The molecular weight excluding hydrogens is 385 g/mol. The van der Waals surface area contributed by atoms with Crippen molar-refractivity contribution in [2.75, 3.05) is 31.1 Å². The number of nitro groups is 1. The van der Waals surface area contributed by atoms with E-state index in [9.17, 15) is 22.9 Å². The second-order valence-corrected chi connectivity index (χ2v) is 8.05. The smallest absolute Gasteiger partial charge is 0.269 e. The number of hydrogen-bond acceptors (Lipinski definition) is 5. The minimum absolute atomic E-state index is 0.000848. The van der Waals surface area contributed by atoms with Crippen LogP contribution in [-0.2, 0) is 10.0 Å². The Morgan fingerprint density at radius 3 is 2.19 bits per heavy atom. The van der Waals surface area contributed by atoms with E-state index in [1.807, 2.05) is 4.90 Å². The Kier molecular flexibility index (Phi) is 5.12. The van der Waals surface area contributed by atoms with E-state index < -0.39 is 20.8 Å². The van der Waals surface area contributed by atoms with Gasteiger partial charge >= 0.3 is 0 Å². The van der Waals surface area contributed by atoms with Crippen LogP contribution in [-0.4, -0.2) is 43.8 Å². The topological polar surface area (TPSA) is 83.8 Å². The standard InChI is InChI=1S/C16H15ClFN3O4S/c17-15-11-12(18)1-6-16(15)26(24,25)20-9-7-19(8-10-20)13-2-4-14(5-3-13)21(22)23/h1-6,11H,7-10H2. The van der Waals surface area contributed by atoms with E-state index in [0.29, 0.717) is 13.1 Å². The molecule has 1 aliphatic rings. The van der Waals surface area contributed by atoms with Crippen LogP contribution >= 0.6 is 11.6 Å². The summed E-state index contributed by atoms with van der Waals surface area (Å²) in [7, 11) is -3.81. The Hall–Kier alpha value is -2.23. The number of rotatable bonds is 4. The van der Waals surface area contributed by atoms with Crippen LogP contribution in [0, 0.1) is 15.9 Å². The molecule has 0 atom stereocenters. The molecule has 1 fully saturated rings. The van der Waals surface area contributed by atoms with E-state index >= 15 is 0 Å². The number of piperazine rings is 1. The summed E-state index contributed by atoms with van der Waals surface area (Å²) < 4.78 is 39.9. The summed E-state index contributed by atoms with van der Waals surface area (Å²) in [4.78, 5) is 12.1. The molecule has 3 rings (SSSR count). The molecular formula is C16H15ClFN3O4S. The minimum Gasteiger partial charge on any atom is -0.369 e. The van der Waals surface area contributed by atoms with E-state index in [1.54, 1.807) is 12.1 Å². The van der Waals surface area contributed by atoms with Crippen molar-refractivity contribution in [3.05, 3.63) is 63.4 Å². The first kappa shape index (κ1) is 18.6. The number of nitro benzene ring substituents is 1. The monoisotopic (exact) mass is 399 g/mol. The normalized spacial score (nSPS) is 15.8. The maximum absolute atomic E-state index is 13.2. The van der Waals surface area contributed by atoms with Gasteiger partial charge in [0.05, 0.1) is 9.95 Å². The van der Waals surface area contributed by atoms with Gasteiger partial charge in [-0.2, -0.15) is 4.31 Å². The Balaban J connectivity index is 1.72. The van der Waals surface area contributed by atoms with Crippen LogP contribution < -0.4 is 4.90 Å². The highest BCUT2D eigenvalue weighted by molar-refractivity contribution is 7.89. The van der Waals surface area contributed by atoms with Crippen LogP contribution in [0.5, 0.6) is 0 Å². The molecule has 0 aliphatic carbocycles. The number of benzene rings is 2. The molecule has 0 amide bonds. The Bertz CT molecular complexity index is 929. The quantitative estimate of drug-likeness (QED) is 0.583. The second-order valence-electron chi connectivity index (χ2n) is 5.74. The van der Waals surface area contributed by atoms with Crippen molar-refractivity contribution in [3.8, 4) is 0 Å². The lowest BCUT2D eigenvalue weighted by atomic mass is 10.2. The molecule has 0 N–H and O–H groups in total. The zero-order valence-electron chi connectivity index (χ0n) is 13.5. The Morgan fingerprint density at radius 1 is 1.04 bits per heavy atom. The SMILES string of the molecule is O=[N+]([O-])c1ccc(N2CCN(S(=O)(=O)c3ccc(F)cc3Cl)CC2)cc1. The lowest BCUT2D eigenvalue weighted by molar-refractivity contribution is -0.384. The molecule has 0 spiro atoms.